The number of hydrogen-bond acceptors (Lipinski definition) is 2. The molecule has 0 heterocycles. The fourth-order valence-corrected chi connectivity index (χ4v) is 2.46. The maximum Gasteiger partial charge on any atom is 0.238 e. The molecule has 0 aliphatic carbocycles. The minimum Gasteiger partial charge on any atom is -0.325 e. The molecule has 0 aliphatic rings. The second kappa shape index (κ2) is 8.83. The van der Waals surface area contributed by atoms with E-state index in [1.807, 2.05) is 12.1 Å². The van der Waals surface area contributed by atoms with Crippen LogP contribution in [0.5, 0.6) is 0 Å². The summed E-state index contributed by atoms with van der Waals surface area (Å²) in [4.78, 5) is 14.4. The van der Waals surface area contributed by atoms with Crippen LogP contribution in [0, 0.1) is 11.8 Å². The number of anilines is 1. The summed E-state index contributed by atoms with van der Waals surface area (Å²) >= 11 is 0. The second-order valence-corrected chi connectivity index (χ2v) is 6.58. The van der Waals surface area contributed by atoms with Gasteiger partial charge in [0, 0.05) is 18.8 Å². The summed E-state index contributed by atoms with van der Waals surface area (Å²) in [6, 6.07) is 8.09. The van der Waals surface area contributed by atoms with Gasteiger partial charge >= 0.3 is 0 Å². The zero-order valence-corrected chi connectivity index (χ0v) is 14.1. The third kappa shape index (κ3) is 7.28. The minimum absolute atomic E-state index is 0.0700. The number of rotatable bonds is 8. The van der Waals surface area contributed by atoms with Crippen molar-refractivity contribution in [1.82, 2.24) is 4.90 Å². The van der Waals surface area contributed by atoms with E-state index < -0.39 is 0 Å². The molecule has 1 rings (SSSR count). The Hall–Kier alpha value is -1.35. The third-order valence-corrected chi connectivity index (χ3v) is 3.26. The summed E-state index contributed by atoms with van der Waals surface area (Å²) in [6.07, 6.45) is 1.02. The molecule has 0 saturated carbocycles. The first-order valence-corrected chi connectivity index (χ1v) is 8.01. The fourth-order valence-electron chi connectivity index (χ4n) is 2.46. The molecule has 0 bridgehead atoms. The van der Waals surface area contributed by atoms with Gasteiger partial charge in [-0.15, -0.1) is 0 Å². The van der Waals surface area contributed by atoms with Crippen molar-refractivity contribution in [2.45, 2.75) is 41.0 Å². The van der Waals surface area contributed by atoms with Crippen molar-refractivity contribution in [3.63, 3.8) is 0 Å². The van der Waals surface area contributed by atoms with Crippen LogP contribution in [0.15, 0.2) is 24.3 Å². The first kappa shape index (κ1) is 17.7. The number of hydrogen-bond donors (Lipinski definition) is 1. The normalized spacial score (nSPS) is 11.4. The van der Waals surface area contributed by atoms with Gasteiger partial charge in [0.25, 0.3) is 0 Å². The average Bonchev–Trinajstić information content (AvgIpc) is 2.37. The van der Waals surface area contributed by atoms with E-state index >= 15 is 0 Å². The number of amides is 1. The molecule has 0 spiro atoms. The van der Waals surface area contributed by atoms with Gasteiger partial charge in [-0.05, 0) is 36.0 Å². The number of carbonyl (C=O) groups is 1. The maximum absolute atomic E-state index is 12.2. The van der Waals surface area contributed by atoms with Gasteiger partial charge < -0.3 is 5.32 Å². The fraction of sp³-hybridized carbons (Fsp3) is 0.611. The molecule has 21 heavy (non-hydrogen) atoms. The summed E-state index contributed by atoms with van der Waals surface area (Å²) in [7, 11) is 0. The molecule has 0 unspecified atom stereocenters. The molecule has 3 heteroatoms. The monoisotopic (exact) mass is 290 g/mol. The lowest BCUT2D eigenvalue weighted by Crippen LogP contribution is -2.38. The molecule has 1 N–H and O–H groups in total. The van der Waals surface area contributed by atoms with Gasteiger partial charge in [-0.1, -0.05) is 46.8 Å². The standard InChI is InChI=1S/C18H30N2O/c1-6-16-7-9-17(10-8-16)19-18(21)13-20(11-14(2)3)12-15(4)5/h7-10,14-15H,6,11-13H2,1-5H3,(H,19,21). The van der Waals surface area contributed by atoms with Crippen molar-refractivity contribution < 1.29 is 4.79 Å². The Morgan fingerprint density at radius 3 is 2.00 bits per heavy atom. The van der Waals surface area contributed by atoms with Crippen molar-refractivity contribution in [2.75, 3.05) is 25.0 Å². The van der Waals surface area contributed by atoms with E-state index in [4.69, 9.17) is 0 Å². The van der Waals surface area contributed by atoms with E-state index in [2.05, 4.69) is 57.0 Å². The van der Waals surface area contributed by atoms with Crippen LogP contribution in [0.1, 0.15) is 40.2 Å². The molecule has 0 aromatic heterocycles. The first-order valence-electron chi connectivity index (χ1n) is 8.01. The van der Waals surface area contributed by atoms with Gasteiger partial charge in [-0.3, -0.25) is 9.69 Å². The van der Waals surface area contributed by atoms with Gasteiger partial charge in [0.2, 0.25) is 5.91 Å². The molecule has 0 fully saturated rings. The molecule has 0 radical (unpaired) electrons. The lowest BCUT2D eigenvalue weighted by atomic mass is 10.1. The number of nitrogens with zero attached hydrogens (tertiary/aromatic N) is 1. The molecule has 1 amide bonds. The van der Waals surface area contributed by atoms with Crippen LogP contribution < -0.4 is 5.32 Å². The lowest BCUT2D eigenvalue weighted by molar-refractivity contribution is -0.117. The minimum atomic E-state index is 0.0700. The first-order chi connectivity index (χ1) is 9.90. The molecule has 1 aromatic carbocycles. The van der Waals surface area contributed by atoms with Gasteiger partial charge in [-0.2, -0.15) is 0 Å². The number of benzene rings is 1. The van der Waals surface area contributed by atoms with Crippen LogP contribution in [0.3, 0.4) is 0 Å². The highest BCUT2D eigenvalue weighted by Gasteiger charge is 2.13. The van der Waals surface area contributed by atoms with Crippen LogP contribution >= 0.6 is 0 Å². The molecule has 0 atom stereocenters. The van der Waals surface area contributed by atoms with Crippen LogP contribution in [-0.4, -0.2) is 30.4 Å². The predicted octanol–water partition coefficient (Wildman–Crippen LogP) is 3.80. The number of carbonyl (C=O) groups excluding carboxylic acids is 1. The van der Waals surface area contributed by atoms with Crippen LogP contribution in [-0.2, 0) is 11.2 Å². The van der Waals surface area contributed by atoms with Crippen LogP contribution in [0.4, 0.5) is 5.69 Å². The van der Waals surface area contributed by atoms with Gasteiger partial charge in [0.05, 0.1) is 6.54 Å². The smallest absolute Gasteiger partial charge is 0.238 e. The Morgan fingerprint density at radius 1 is 1.05 bits per heavy atom. The third-order valence-electron chi connectivity index (χ3n) is 3.26. The van der Waals surface area contributed by atoms with Crippen molar-refractivity contribution >= 4 is 11.6 Å². The summed E-state index contributed by atoms with van der Waals surface area (Å²) < 4.78 is 0. The molecule has 1 aromatic rings. The second-order valence-electron chi connectivity index (χ2n) is 6.58. The topological polar surface area (TPSA) is 32.3 Å². The lowest BCUT2D eigenvalue weighted by Gasteiger charge is -2.25. The van der Waals surface area contributed by atoms with Gasteiger partial charge in [0.15, 0.2) is 0 Å². The molecule has 3 nitrogen and oxygen atoms in total. The summed E-state index contributed by atoms with van der Waals surface area (Å²) in [5.74, 6) is 1.21. The Morgan fingerprint density at radius 2 is 1.57 bits per heavy atom. The van der Waals surface area contributed by atoms with Crippen molar-refractivity contribution in [2.24, 2.45) is 11.8 Å². The molecule has 0 aliphatic heterocycles. The van der Waals surface area contributed by atoms with E-state index in [0.29, 0.717) is 18.4 Å². The van der Waals surface area contributed by atoms with Crippen LogP contribution in [0.2, 0.25) is 0 Å². The highest BCUT2D eigenvalue weighted by atomic mass is 16.2. The number of nitrogens with one attached hydrogen (secondary N) is 1. The highest BCUT2D eigenvalue weighted by Crippen LogP contribution is 2.10. The van der Waals surface area contributed by atoms with Gasteiger partial charge in [0.1, 0.15) is 0 Å². The summed E-state index contributed by atoms with van der Waals surface area (Å²) in [5.41, 5.74) is 2.17. The summed E-state index contributed by atoms with van der Waals surface area (Å²) in [5, 5.41) is 2.99. The average molecular weight is 290 g/mol. The number of aryl methyl sites for hydroxylation is 1. The zero-order valence-electron chi connectivity index (χ0n) is 14.1. The zero-order chi connectivity index (χ0) is 15.8. The SMILES string of the molecule is CCc1ccc(NC(=O)CN(CC(C)C)CC(C)C)cc1. The van der Waals surface area contributed by atoms with Gasteiger partial charge in [-0.25, -0.2) is 0 Å². The van der Waals surface area contributed by atoms with E-state index in [9.17, 15) is 4.79 Å². The summed E-state index contributed by atoms with van der Waals surface area (Å²) in [6.45, 7) is 13.3. The van der Waals surface area contributed by atoms with E-state index in [-0.39, 0.29) is 5.91 Å². The van der Waals surface area contributed by atoms with E-state index in [1.165, 1.54) is 5.56 Å². The highest BCUT2D eigenvalue weighted by molar-refractivity contribution is 5.92. The van der Waals surface area contributed by atoms with Crippen molar-refractivity contribution in [3.05, 3.63) is 29.8 Å². The van der Waals surface area contributed by atoms with Crippen molar-refractivity contribution in [1.29, 1.82) is 0 Å². The predicted molar refractivity (Wildman–Crippen MR) is 90.6 cm³/mol. The quantitative estimate of drug-likeness (QED) is 0.790. The Kier molecular flexibility index (Phi) is 7.44. The molecular weight excluding hydrogens is 260 g/mol. The van der Waals surface area contributed by atoms with E-state index in [0.717, 1.165) is 25.2 Å². The molecular formula is C18H30N2O. The maximum atomic E-state index is 12.2. The van der Waals surface area contributed by atoms with Crippen molar-refractivity contribution in [3.8, 4) is 0 Å². The molecule has 118 valence electrons. The van der Waals surface area contributed by atoms with E-state index in [1.54, 1.807) is 0 Å². The van der Waals surface area contributed by atoms with Crippen LogP contribution in [0.25, 0.3) is 0 Å². The Labute approximate surface area is 129 Å². The molecule has 0 saturated heterocycles. The Balaban J connectivity index is 2.55. The Bertz CT molecular complexity index is 413. The largest absolute Gasteiger partial charge is 0.325 e.